The van der Waals surface area contributed by atoms with Crippen LogP contribution in [0, 0.1) is 6.92 Å². The number of aromatic nitrogens is 3. The maximum atomic E-state index is 6.29. The molecule has 0 aliphatic rings. The Labute approximate surface area is 118 Å². The second kappa shape index (κ2) is 5.72. The van der Waals surface area contributed by atoms with Crippen LogP contribution in [0.2, 0.25) is 5.02 Å². The van der Waals surface area contributed by atoms with Crippen LogP contribution in [0.4, 0.5) is 0 Å². The van der Waals surface area contributed by atoms with Crippen molar-refractivity contribution in [1.29, 1.82) is 0 Å². The van der Waals surface area contributed by atoms with Crippen molar-refractivity contribution in [3.05, 3.63) is 46.0 Å². The average Bonchev–Trinajstić information content (AvgIpc) is 2.65. The quantitative estimate of drug-likeness (QED) is 0.935. The molecule has 0 saturated heterocycles. The first kappa shape index (κ1) is 14.0. The zero-order chi connectivity index (χ0) is 14.0. The predicted molar refractivity (Wildman–Crippen MR) is 77.2 cm³/mol. The summed E-state index contributed by atoms with van der Waals surface area (Å²) in [5, 5.41) is 5.01. The highest BCUT2D eigenvalue weighted by atomic mass is 35.5. The van der Waals surface area contributed by atoms with Gasteiger partial charge in [0, 0.05) is 19.7 Å². The summed E-state index contributed by atoms with van der Waals surface area (Å²) in [7, 11) is 1.89. The summed E-state index contributed by atoms with van der Waals surface area (Å²) in [4.78, 5) is 4.41. The van der Waals surface area contributed by atoms with E-state index in [1.807, 2.05) is 20.0 Å². The number of rotatable bonds is 4. The average molecular weight is 279 g/mol. The molecule has 2 rings (SSSR count). The summed E-state index contributed by atoms with van der Waals surface area (Å²) in [6.45, 7) is 4.00. The molecule has 0 radical (unpaired) electrons. The van der Waals surface area contributed by atoms with Crippen molar-refractivity contribution in [2.45, 2.75) is 32.7 Å². The number of nitrogens with two attached hydrogens (primary N) is 1. The molecule has 5 heteroatoms. The highest BCUT2D eigenvalue weighted by Gasteiger charge is 2.18. The van der Waals surface area contributed by atoms with Crippen LogP contribution in [0.1, 0.15) is 35.6 Å². The van der Waals surface area contributed by atoms with Gasteiger partial charge in [0.1, 0.15) is 0 Å². The van der Waals surface area contributed by atoms with E-state index in [0.29, 0.717) is 11.4 Å². The summed E-state index contributed by atoms with van der Waals surface area (Å²) in [6, 6.07) is 3.85. The standard InChI is InChI=1S/C14H19ClN4/c1-4-10-6-5-7-17-14(10)11(16)8-12-13(15)9(2)18-19(12)3/h5-7,11H,4,8,16H2,1-3H3. The van der Waals surface area contributed by atoms with Gasteiger partial charge in [-0.1, -0.05) is 24.6 Å². The molecule has 19 heavy (non-hydrogen) atoms. The van der Waals surface area contributed by atoms with E-state index in [0.717, 1.165) is 23.5 Å². The first-order valence-electron chi connectivity index (χ1n) is 6.42. The van der Waals surface area contributed by atoms with Crippen LogP contribution >= 0.6 is 11.6 Å². The molecule has 0 bridgehead atoms. The zero-order valence-electron chi connectivity index (χ0n) is 11.5. The second-order valence-corrected chi connectivity index (χ2v) is 5.06. The third-order valence-electron chi connectivity index (χ3n) is 3.33. The van der Waals surface area contributed by atoms with Crippen LogP contribution in [0.3, 0.4) is 0 Å². The molecule has 0 fully saturated rings. The Hall–Kier alpha value is -1.39. The van der Waals surface area contributed by atoms with E-state index in [2.05, 4.69) is 23.1 Å². The van der Waals surface area contributed by atoms with E-state index in [1.54, 1.807) is 10.9 Å². The Bertz CT molecular complexity index is 577. The molecule has 2 N–H and O–H groups in total. The van der Waals surface area contributed by atoms with Gasteiger partial charge >= 0.3 is 0 Å². The van der Waals surface area contributed by atoms with Gasteiger partial charge in [0.25, 0.3) is 0 Å². The van der Waals surface area contributed by atoms with Crippen molar-refractivity contribution in [2.75, 3.05) is 0 Å². The van der Waals surface area contributed by atoms with Crippen LogP contribution in [0.5, 0.6) is 0 Å². The fraction of sp³-hybridized carbons (Fsp3) is 0.429. The maximum absolute atomic E-state index is 6.29. The minimum atomic E-state index is -0.163. The van der Waals surface area contributed by atoms with Crippen molar-refractivity contribution < 1.29 is 0 Å². The van der Waals surface area contributed by atoms with Gasteiger partial charge in [-0.2, -0.15) is 5.10 Å². The largest absolute Gasteiger partial charge is 0.322 e. The zero-order valence-corrected chi connectivity index (χ0v) is 12.3. The van der Waals surface area contributed by atoms with Crippen LogP contribution in [-0.4, -0.2) is 14.8 Å². The summed E-state index contributed by atoms with van der Waals surface area (Å²) < 4.78 is 1.80. The minimum absolute atomic E-state index is 0.163. The Morgan fingerprint density at radius 3 is 2.79 bits per heavy atom. The molecule has 0 saturated carbocycles. The minimum Gasteiger partial charge on any atom is -0.322 e. The molecule has 4 nitrogen and oxygen atoms in total. The third-order valence-corrected chi connectivity index (χ3v) is 3.82. The van der Waals surface area contributed by atoms with Crippen LogP contribution in [0.25, 0.3) is 0 Å². The first-order valence-corrected chi connectivity index (χ1v) is 6.79. The summed E-state index contributed by atoms with van der Waals surface area (Å²) in [5.41, 5.74) is 10.2. The Kier molecular flexibility index (Phi) is 4.22. The topological polar surface area (TPSA) is 56.7 Å². The number of pyridine rings is 1. The van der Waals surface area contributed by atoms with Gasteiger partial charge in [0.15, 0.2) is 0 Å². The van der Waals surface area contributed by atoms with Gasteiger partial charge in [-0.15, -0.1) is 0 Å². The van der Waals surface area contributed by atoms with Crippen LogP contribution in [0.15, 0.2) is 18.3 Å². The lowest BCUT2D eigenvalue weighted by Gasteiger charge is -2.15. The van der Waals surface area contributed by atoms with Gasteiger partial charge in [-0.25, -0.2) is 0 Å². The molecule has 0 amide bonds. The fourth-order valence-electron chi connectivity index (χ4n) is 2.29. The summed E-state index contributed by atoms with van der Waals surface area (Å²) in [6.07, 6.45) is 3.35. The number of nitrogens with zero attached hydrogens (tertiary/aromatic N) is 3. The van der Waals surface area contributed by atoms with Gasteiger partial charge < -0.3 is 5.73 Å². The van der Waals surface area contributed by atoms with Crippen molar-refractivity contribution in [1.82, 2.24) is 14.8 Å². The van der Waals surface area contributed by atoms with E-state index in [-0.39, 0.29) is 6.04 Å². The molecular weight excluding hydrogens is 260 g/mol. The van der Waals surface area contributed by atoms with Crippen LogP contribution in [-0.2, 0) is 19.9 Å². The number of hydrogen-bond donors (Lipinski definition) is 1. The number of halogens is 1. The van der Waals surface area contributed by atoms with Crippen molar-refractivity contribution in [3.8, 4) is 0 Å². The lowest BCUT2D eigenvalue weighted by Crippen LogP contribution is -2.18. The smallest absolute Gasteiger partial charge is 0.0847 e. The highest BCUT2D eigenvalue weighted by Crippen LogP contribution is 2.25. The fourth-order valence-corrected chi connectivity index (χ4v) is 2.53. The lowest BCUT2D eigenvalue weighted by molar-refractivity contribution is 0.624. The van der Waals surface area contributed by atoms with Gasteiger partial charge in [0.05, 0.1) is 28.1 Å². The van der Waals surface area contributed by atoms with Gasteiger partial charge in [0.2, 0.25) is 0 Å². The molecule has 0 spiro atoms. The normalized spacial score (nSPS) is 12.7. The monoisotopic (exact) mass is 278 g/mol. The third kappa shape index (κ3) is 2.80. The van der Waals surface area contributed by atoms with E-state index in [4.69, 9.17) is 17.3 Å². The van der Waals surface area contributed by atoms with Crippen molar-refractivity contribution >= 4 is 11.6 Å². The molecule has 0 aliphatic carbocycles. The maximum Gasteiger partial charge on any atom is 0.0847 e. The SMILES string of the molecule is CCc1cccnc1C(N)Cc1c(Cl)c(C)nn1C. The summed E-state index contributed by atoms with van der Waals surface area (Å²) in [5.74, 6) is 0. The van der Waals surface area contributed by atoms with E-state index in [1.165, 1.54) is 5.56 Å². The van der Waals surface area contributed by atoms with Crippen LogP contribution < -0.4 is 5.73 Å². The second-order valence-electron chi connectivity index (χ2n) is 4.68. The Morgan fingerprint density at radius 1 is 1.47 bits per heavy atom. The van der Waals surface area contributed by atoms with E-state index >= 15 is 0 Å². The lowest BCUT2D eigenvalue weighted by atomic mass is 10.0. The van der Waals surface area contributed by atoms with E-state index < -0.39 is 0 Å². The molecule has 0 aromatic carbocycles. The molecule has 0 aliphatic heterocycles. The molecule has 102 valence electrons. The molecule has 2 aromatic heterocycles. The van der Waals surface area contributed by atoms with Crippen molar-refractivity contribution in [2.24, 2.45) is 12.8 Å². The molecule has 1 unspecified atom stereocenters. The highest BCUT2D eigenvalue weighted by molar-refractivity contribution is 6.31. The van der Waals surface area contributed by atoms with Gasteiger partial charge in [-0.05, 0) is 25.0 Å². The van der Waals surface area contributed by atoms with Gasteiger partial charge in [-0.3, -0.25) is 9.67 Å². The molecular formula is C14H19ClN4. The number of aryl methyl sites for hydroxylation is 3. The molecule has 2 aromatic rings. The molecule has 2 heterocycles. The first-order chi connectivity index (χ1) is 9.04. The predicted octanol–water partition coefficient (Wildman–Crippen LogP) is 2.58. The number of hydrogen-bond acceptors (Lipinski definition) is 3. The van der Waals surface area contributed by atoms with E-state index in [9.17, 15) is 0 Å². The Balaban J connectivity index is 2.28. The summed E-state index contributed by atoms with van der Waals surface area (Å²) >= 11 is 6.26. The van der Waals surface area contributed by atoms with Crippen molar-refractivity contribution in [3.63, 3.8) is 0 Å². The molecule has 1 atom stereocenters. The Morgan fingerprint density at radius 2 is 2.21 bits per heavy atom.